The van der Waals surface area contributed by atoms with E-state index < -0.39 is 10.0 Å². The molecule has 0 atom stereocenters. The lowest BCUT2D eigenvalue weighted by molar-refractivity contribution is 0.600. The van der Waals surface area contributed by atoms with Gasteiger partial charge in [0.25, 0.3) is 0 Å². The Labute approximate surface area is 118 Å². The second-order valence-corrected chi connectivity index (χ2v) is 6.40. The van der Waals surface area contributed by atoms with Crippen LogP contribution in [0.25, 0.3) is 0 Å². The van der Waals surface area contributed by atoms with E-state index in [9.17, 15) is 8.42 Å². The van der Waals surface area contributed by atoms with Gasteiger partial charge in [0.05, 0.1) is 5.75 Å². The average Bonchev–Trinajstić information content (AvgIpc) is 2.85. The summed E-state index contributed by atoms with van der Waals surface area (Å²) < 4.78 is 26.4. The van der Waals surface area contributed by atoms with Crippen LogP contribution in [0, 0.1) is 0 Å². The minimum Gasteiger partial charge on any atom is -0.280 e. The lowest BCUT2D eigenvalue weighted by atomic mass is 10.2. The van der Waals surface area contributed by atoms with Crippen molar-refractivity contribution in [3.63, 3.8) is 0 Å². The normalized spacial score (nSPS) is 11.4. The summed E-state index contributed by atoms with van der Waals surface area (Å²) in [5.41, 5.74) is 1.87. The van der Waals surface area contributed by atoms with Gasteiger partial charge in [-0.1, -0.05) is 13.3 Å². The molecule has 0 saturated carbocycles. The standard InChI is InChI=1S/C13H18N4O2S/c1-2-3-12-10-13(16-15-12)17-20(18,19)9-6-11-4-7-14-8-5-11/h4-5,7-8,10H,2-3,6,9H2,1H3,(H2,15,16,17). The first-order valence-electron chi connectivity index (χ1n) is 6.53. The monoisotopic (exact) mass is 294 g/mol. The molecule has 108 valence electrons. The van der Waals surface area contributed by atoms with Crippen molar-refractivity contribution in [3.8, 4) is 0 Å². The number of aryl methyl sites for hydroxylation is 2. The fourth-order valence-electron chi connectivity index (χ4n) is 1.82. The molecule has 0 unspecified atom stereocenters. The number of H-pyrrole nitrogens is 1. The van der Waals surface area contributed by atoms with Gasteiger partial charge in [-0.3, -0.25) is 14.8 Å². The molecule has 0 radical (unpaired) electrons. The molecule has 0 amide bonds. The molecule has 2 aromatic rings. The number of hydrogen-bond acceptors (Lipinski definition) is 4. The molecule has 7 heteroatoms. The van der Waals surface area contributed by atoms with Crippen LogP contribution in [0.15, 0.2) is 30.6 Å². The van der Waals surface area contributed by atoms with Crippen molar-refractivity contribution in [3.05, 3.63) is 41.9 Å². The molecule has 0 aliphatic carbocycles. The summed E-state index contributed by atoms with van der Waals surface area (Å²) in [5.74, 6) is 0.371. The summed E-state index contributed by atoms with van der Waals surface area (Å²) in [4.78, 5) is 3.90. The Morgan fingerprint density at radius 1 is 1.25 bits per heavy atom. The summed E-state index contributed by atoms with van der Waals surface area (Å²) >= 11 is 0. The highest BCUT2D eigenvalue weighted by molar-refractivity contribution is 7.92. The molecule has 0 bridgehead atoms. The van der Waals surface area contributed by atoms with Gasteiger partial charge in [0.2, 0.25) is 10.0 Å². The number of rotatable bonds is 7. The number of hydrogen-bond donors (Lipinski definition) is 2. The first kappa shape index (κ1) is 14.5. The number of aromatic nitrogens is 3. The van der Waals surface area contributed by atoms with Crippen LogP contribution in [0.1, 0.15) is 24.6 Å². The van der Waals surface area contributed by atoms with Crippen LogP contribution >= 0.6 is 0 Å². The number of nitrogens with zero attached hydrogens (tertiary/aromatic N) is 2. The molecule has 2 heterocycles. The molecular formula is C13H18N4O2S. The van der Waals surface area contributed by atoms with Crippen LogP contribution in [-0.2, 0) is 22.9 Å². The van der Waals surface area contributed by atoms with E-state index in [1.54, 1.807) is 18.5 Å². The predicted octanol–water partition coefficient (Wildman–Crippen LogP) is 1.74. The van der Waals surface area contributed by atoms with Crippen LogP contribution in [0.5, 0.6) is 0 Å². The highest BCUT2D eigenvalue weighted by atomic mass is 32.2. The van der Waals surface area contributed by atoms with Gasteiger partial charge >= 0.3 is 0 Å². The number of aromatic amines is 1. The van der Waals surface area contributed by atoms with Gasteiger partial charge in [-0.05, 0) is 30.5 Å². The van der Waals surface area contributed by atoms with Gasteiger partial charge in [0, 0.05) is 24.2 Å². The van der Waals surface area contributed by atoms with Crippen molar-refractivity contribution in [1.82, 2.24) is 15.2 Å². The van der Waals surface area contributed by atoms with Crippen molar-refractivity contribution >= 4 is 15.8 Å². The lowest BCUT2D eigenvalue weighted by Gasteiger charge is -2.05. The summed E-state index contributed by atoms with van der Waals surface area (Å²) in [6.45, 7) is 2.05. The van der Waals surface area contributed by atoms with Crippen molar-refractivity contribution in [2.24, 2.45) is 0 Å². The molecule has 2 N–H and O–H groups in total. The zero-order valence-electron chi connectivity index (χ0n) is 11.3. The molecule has 0 saturated heterocycles. The van der Waals surface area contributed by atoms with E-state index in [1.807, 2.05) is 12.1 Å². The van der Waals surface area contributed by atoms with Gasteiger partial charge in [-0.25, -0.2) is 8.42 Å². The Kier molecular flexibility index (Phi) is 4.73. The molecule has 2 rings (SSSR count). The minimum absolute atomic E-state index is 0.0208. The molecule has 6 nitrogen and oxygen atoms in total. The van der Waals surface area contributed by atoms with E-state index in [-0.39, 0.29) is 5.75 Å². The molecule has 0 aliphatic rings. The number of anilines is 1. The van der Waals surface area contributed by atoms with Crippen molar-refractivity contribution in [2.75, 3.05) is 10.5 Å². The molecular weight excluding hydrogens is 276 g/mol. The largest absolute Gasteiger partial charge is 0.280 e. The van der Waals surface area contributed by atoms with Gasteiger partial charge in [0.15, 0.2) is 5.82 Å². The van der Waals surface area contributed by atoms with Crippen molar-refractivity contribution < 1.29 is 8.42 Å². The Balaban J connectivity index is 1.93. The van der Waals surface area contributed by atoms with E-state index >= 15 is 0 Å². The maximum absolute atomic E-state index is 12.0. The minimum atomic E-state index is -3.39. The SMILES string of the molecule is CCCc1cc(NS(=O)(=O)CCc2ccncc2)n[nH]1. The van der Waals surface area contributed by atoms with E-state index in [0.29, 0.717) is 12.2 Å². The topological polar surface area (TPSA) is 87.7 Å². The zero-order valence-corrected chi connectivity index (χ0v) is 12.2. The van der Waals surface area contributed by atoms with Crippen molar-refractivity contribution in [2.45, 2.75) is 26.2 Å². The predicted molar refractivity (Wildman–Crippen MR) is 77.9 cm³/mol. The van der Waals surface area contributed by atoms with Gasteiger partial charge in [-0.2, -0.15) is 5.10 Å². The molecule has 0 spiro atoms. The summed E-state index contributed by atoms with van der Waals surface area (Å²) in [6.07, 6.45) is 5.59. The van der Waals surface area contributed by atoms with Gasteiger partial charge < -0.3 is 0 Å². The second kappa shape index (κ2) is 6.51. The highest BCUT2D eigenvalue weighted by Gasteiger charge is 2.12. The van der Waals surface area contributed by atoms with Crippen LogP contribution in [0.2, 0.25) is 0 Å². The highest BCUT2D eigenvalue weighted by Crippen LogP contribution is 2.10. The smallest absolute Gasteiger partial charge is 0.234 e. The summed E-state index contributed by atoms with van der Waals surface area (Å²) in [5, 5.41) is 6.77. The third-order valence-electron chi connectivity index (χ3n) is 2.82. The summed E-state index contributed by atoms with van der Waals surface area (Å²) in [6, 6.07) is 5.35. The maximum atomic E-state index is 12.0. The average molecular weight is 294 g/mol. The van der Waals surface area contributed by atoms with E-state index in [0.717, 1.165) is 24.1 Å². The molecule has 0 fully saturated rings. The molecule has 0 aromatic carbocycles. The first-order chi connectivity index (χ1) is 9.59. The Morgan fingerprint density at radius 2 is 2.00 bits per heavy atom. The van der Waals surface area contributed by atoms with Crippen LogP contribution in [0.4, 0.5) is 5.82 Å². The second-order valence-electron chi connectivity index (χ2n) is 4.55. The Hall–Kier alpha value is -1.89. The van der Waals surface area contributed by atoms with Crippen molar-refractivity contribution in [1.29, 1.82) is 0 Å². The number of nitrogens with one attached hydrogen (secondary N) is 2. The van der Waals surface area contributed by atoms with Gasteiger partial charge in [0.1, 0.15) is 0 Å². The van der Waals surface area contributed by atoms with Crippen LogP contribution < -0.4 is 4.72 Å². The Morgan fingerprint density at radius 3 is 2.70 bits per heavy atom. The van der Waals surface area contributed by atoms with Crippen LogP contribution in [0.3, 0.4) is 0 Å². The zero-order chi connectivity index (χ0) is 14.4. The molecule has 20 heavy (non-hydrogen) atoms. The first-order valence-corrected chi connectivity index (χ1v) is 8.18. The third kappa shape index (κ3) is 4.34. The number of pyridine rings is 1. The number of sulfonamides is 1. The molecule has 2 aromatic heterocycles. The third-order valence-corrected chi connectivity index (χ3v) is 4.08. The lowest BCUT2D eigenvalue weighted by Crippen LogP contribution is -2.18. The quantitative estimate of drug-likeness (QED) is 0.814. The fourth-order valence-corrected chi connectivity index (χ4v) is 2.85. The maximum Gasteiger partial charge on any atom is 0.234 e. The summed E-state index contributed by atoms with van der Waals surface area (Å²) in [7, 11) is -3.39. The van der Waals surface area contributed by atoms with Crippen LogP contribution in [-0.4, -0.2) is 29.4 Å². The van der Waals surface area contributed by atoms with E-state index in [1.165, 1.54) is 0 Å². The van der Waals surface area contributed by atoms with Gasteiger partial charge in [-0.15, -0.1) is 0 Å². The van der Waals surface area contributed by atoms with E-state index in [4.69, 9.17) is 0 Å². The Bertz CT molecular complexity index is 637. The molecule has 0 aliphatic heterocycles. The fraction of sp³-hybridized carbons (Fsp3) is 0.385. The van der Waals surface area contributed by atoms with E-state index in [2.05, 4.69) is 26.8 Å².